The Morgan fingerprint density at radius 1 is 1.39 bits per heavy atom. The standard InChI is InChI=1S/C14H15NO3/c1-4-18-14(17)13(16)12(8-15)11-7-9(2)5-6-10(11)3/h5-7,12H,4H2,1-3H3. The second-order valence-electron chi connectivity index (χ2n) is 4.01. The molecule has 0 aromatic heterocycles. The number of hydrogen-bond donors (Lipinski definition) is 0. The molecule has 1 aromatic rings. The largest absolute Gasteiger partial charge is 0.460 e. The van der Waals surface area contributed by atoms with E-state index in [2.05, 4.69) is 4.74 Å². The predicted octanol–water partition coefficient (Wildman–Crippen LogP) is 2.04. The molecule has 1 aromatic carbocycles. The van der Waals surface area contributed by atoms with Crippen LogP contribution in [-0.2, 0) is 14.3 Å². The van der Waals surface area contributed by atoms with Crippen molar-refractivity contribution in [3.8, 4) is 6.07 Å². The average Bonchev–Trinajstić information content (AvgIpc) is 2.34. The summed E-state index contributed by atoms with van der Waals surface area (Å²) in [4.78, 5) is 23.2. The van der Waals surface area contributed by atoms with Crippen molar-refractivity contribution in [2.75, 3.05) is 6.61 Å². The normalized spacial score (nSPS) is 11.4. The van der Waals surface area contributed by atoms with Gasteiger partial charge >= 0.3 is 5.97 Å². The molecule has 0 radical (unpaired) electrons. The molecule has 0 aliphatic rings. The van der Waals surface area contributed by atoms with Crippen molar-refractivity contribution in [3.63, 3.8) is 0 Å². The summed E-state index contributed by atoms with van der Waals surface area (Å²) in [6.45, 7) is 5.41. The van der Waals surface area contributed by atoms with E-state index in [1.54, 1.807) is 19.9 Å². The molecule has 18 heavy (non-hydrogen) atoms. The number of aryl methyl sites for hydroxylation is 2. The zero-order chi connectivity index (χ0) is 13.7. The molecule has 1 unspecified atom stereocenters. The average molecular weight is 245 g/mol. The third kappa shape index (κ3) is 2.95. The van der Waals surface area contributed by atoms with Gasteiger partial charge in [-0.3, -0.25) is 4.79 Å². The quantitative estimate of drug-likeness (QED) is 0.601. The van der Waals surface area contributed by atoms with Gasteiger partial charge in [-0.05, 0) is 31.9 Å². The van der Waals surface area contributed by atoms with Crippen molar-refractivity contribution in [3.05, 3.63) is 34.9 Å². The van der Waals surface area contributed by atoms with Crippen LogP contribution in [0, 0.1) is 25.2 Å². The Labute approximate surface area is 106 Å². The van der Waals surface area contributed by atoms with Crippen LogP contribution >= 0.6 is 0 Å². The maximum absolute atomic E-state index is 11.8. The van der Waals surface area contributed by atoms with Crippen LogP contribution in [0.2, 0.25) is 0 Å². The van der Waals surface area contributed by atoms with Crippen LogP contribution in [0.25, 0.3) is 0 Å². The summed E-state index contributed by atoms with van der Waals surface area (Å²) in [6.07, 6.45) is 0. The Balaban J connectivity index is 3.11. The van der Waals surface area contributed by atoms with Crippen molar-refractivity contribution < 1.29 is 14.3 Å². The van der Waals surface area contributed by atoms with Crippen LogP contribution in [0.3, 0.4) is 0 Å². The lowest BCUT2D eigenvalue weighted by Crippen LogP contribution is -2.24. The van der Waals surface area contributed by atoms with Crippen LogP contribution in [0.15, 0.2) is 18.2 Å². The summed E-state index contributed by atoms with van der Waals surface area (Å²) < 4.78 is 4.64. The van der Waals surface area contributed by atoms with E-state index in [4.69, 9.17) is 5.26 Å². The number of Topliss-reactive ketones (excluding diaryl/α,β-unsaturated/α-hetero) is 1. The van der Waals surface area contributed by atoms with E-state index in [0.717, 1.165) is 11.1 Å². The summed E-state index contributed by atoms with van der Waals surface area (Å²) in [6, 6.07) is 7.34. The molecule has 1 atom stereocenters. The molecule has 4 nitrogen and oxygen atoms in total. The van der Waals surface area contributed by atoms with E-state index in [0.29, 0.717) is 5.56 Å². The molecule has 0 aliphatic carbocycles. The molecular weight excluding hydrogens is 230 g/mol. The van der Waals surface area contributed by atoms with Gasteiger partial charge in [0.2, 0.25) is 0 Å². The van der Waals surface area contributed by atoms with Gasteiger partial charge < -0.3 is 4.74 Å². The Hall–Kier alpha value is -2.15. The first-order valence-corrected chi connectivity index (χ1v) is 5.69. The summed E-state index contributed by atoms with van der Waals surface area (Å²) in [5, 5.41) is 9.10. The third-order valence-electron chi connectivity index (χ3n) is 2.61. The van der Waals surface area contributed by atoms with E-state index in [1.165, 1.54) is 0 Å². The monoisotopic (exact) mass is 245 g/mol. The van der Waals surface area contributed by atoms with Crippen molar-refractivity contribution in [1.29, 1.82) is 5.26 Å². The van der Waals surface area contributed by atoms with E-state index in [-0.39, 0.29) is 6.61 Å². The molecule has 0 spiro atoms. The number of ketones is 1. The first kappa shape index (κ1) is 13.9. The van der Waals surface area contributed by atoms with Crippen LogP contribution in [0.5, 0.6) is 0 Å². The van der Waals surface area contributed by atoms with Crippen LogP contribution in [0.1, 0.15) is 29.5 Å². The van der Waals surface area contributed by atoms with Gasteiger partial charge in [-0.15, -0.1) is 0 Å². The molecule has 0 bridgehead atoms. The van der Waals surface area contributed by atoms with Crippen molar-refractivity contribution >= 4 is 11.8 Å². The van der Waals surface area contributed by atoms with E-state index in [9.17, 15) is 9.59 Å². The van der Waals surface area contributed by atoms with E-state index in [1.807, 2.05) is 25.1 Å². The molecule has 0 heterocycles. The molecule has 0 saturated carbocycles. The molecule has 0 N–H and O–H groups in total. The highest BCUT2D eigenvalue weighted by atomic mass is 16.5. The summed E-state index contributed by atoms with van der Waals surface area (Å²) >= 11 is 0. The molecule has 1 rings (SSSR count). The molecule has 0 fully saturated rings. The Kier molecular flexibility index (Phi) is 4.61. The number of hydrogen-bond acceptors (Lipinski definition) is 4. The molecule has 0 aliphatic heterocycles. The fourth-order valence-electron chi connectivity index (χ4n) is 1.66. The van der Waals surface area contributed by atoms with Crippen LogP contribution in [0.4, 0.5) is 0 Å². The summed E-state index contributed by atoms with van der Waals surface area (Å²) in [5.74, 6) is -2.86. The Bertz CT molecular complexity index is 514. The highest BCUT2D eigenvalue weighted by Crippen LogP contribution is 2.22. The number of rotatable bonds is 4. The number of ether oxygens (including phenoxy) is 1. The predicted molar refractivity (Wildman–Crippen MR) is 65.9 cm³/mol. The number of nitriles is 1. The minimum atomic E-state index is -1.09. The van der Waals surface area contributed by atoms with Gasteiger partial charge in [0.25, 0.3) is 5.78 Å². The van der Waals surface area contributed by atoms with Gasteiger partial charge in [0.05, 0.1) is 12.7 Å². The molecule has 0 saturated heterocycles. The van der Waals surface area contributed by atoms with Crippen LogP contribution < -0.4 is 0 Å². The van der Waals surface area contributed by atoms with Crippen molar-refractivity contribution in [2.45, 2.75) is 26.7 Å². The van der Waals surface area contributed by atoms with E-state index >= 15 is 0 Å². The number of carbonyl (C=O) groups excluding carboxylic acids is 2. The first-order chi connectivity index (χ1) is 8.51. The minimum Gasteiger partial charge on any atom is -0.460 e. The third-order valence-corrected chi connectivity index (χ3v) is 2.61. The van der Waals surface area contributed by atoms with Gasteiger partial charge in [-0.2, -0.15) is 5.26 Å². The van der Waals surface area contributed by atoms with Crippen molar-refractivity contribution in [1.82, 2.24) is 0 Å². The van der Waals surface area contributed by atoms with Gasteiger partial charge in [0.15, 0.2) is 0 Å². The van der Waals surface area contributed by atoms with Gasteiger partial charge in [0, 0.05) is 0 Å². The van der Waals surface area contributed by atoms with E-state index < -0.39 is 17.7 Å². The second kappa shape index (κ2) is 5.97. The van der Waals surface area contributed by atoms with Gasteiger partial charge in [0.1, 0.15) is 5.92 Å². The summed E-state index contributed by atoms with van der Waals surface area (Å²) in [5.41, 5.74) is 2.31. The van der Waals surface area contributed by atoms with Crippen molar-refractivity contribution in [2.24, 2.45) is 0 Å². The number of benzene rings is 1. The van der Waals surface area contributed by atoms with Gasteiger partial charge in [-0.25, -0.2) is 4.79 Å². The lowest BCUT2D eigenvalue weighted by atomic mass is 9.91. The maximum atomic E-state index is 11.8. The smallest absolute Gasteiger partial charge is 0.376 e. The fourth-order valence-corrected chi connectivity index (χ4v) is 1.66. The molecule has 94 valence electrons. The highest BCUT2D eigenvalue weighted by molar-refractivity contribution is 6.36. The molecule has 0 amide bonds. The Morgan fingerprint density at radius 2 is 2.06 bits per heavy atom. The highest BCUT2D eigenvalue weighted by Gasteiger charge is 2.29. The zero-order valence-corrected chi connectivity index (χ0v) is 10.7. The molecular formula is C14H15NO3. The topological polar surface area (TPSA) is 67.2 Å². The zero-order valence-electron chi connectivity index (χ0n) is 10.7. The molecule has 4 heteroatoms. The fraction of sp³-hybridized carbons (Fsp3) is 0.357. The van der Waals surface area contributed by atoms with Crippen LogP contribution in [-0.4, -0.2) is 18.4 Å². The number of carbonyl (C=O) groups is 2. The summed E-state index contributed by atoms with van der Waals surface area (Å²) in [7, 11) is 0. The maximum Gasteiger partial charge on any atom is 0.376 e. The lowest BCUT2D eigenvalue weighted by molar-refractivity contribution is -0.153. The van der Waals surface area contributed by atoms with Gasteiger partial charge in [-0.1, -0.05) is 23.8 Å². The second-order valence-corrected chi connectivity index (χ2v) is 4.01. The lowest BCUT2D eigenvalue weighted by Gasteiger charge is -2.11. The number of esters is 1. The first-order valence-electron chi connectivity index (χ1n) is 5.69. The minimum absolute atomic E-state index is 0.121. The SMILES string of the molecule is CCOC(=O)C(=O)C(C#N)c1cc(C)ccc1C. The number of nitrogens with zero attached hydrogens (tertiary/aromatic N) is 1. The Morgan fingerprint density at radius 3 is 2.61 bits per heavy atom.